The summed E-state index contributed by atoms with van der Waals surface area (Å²) in [5.41, 5.74) is 3.02. The molecule has 1 aromatic rings. The van der Waals surface area contributed by atoms with Crippen LogP contribution in [0.15, 0.2) is 24.5 Å². The molecule has 0 saturated heterocycles. The topological polar surface area (TPSA) is 31.2 Å². The molecule has 21 heavy (non-hydrogen) atoms. The molecule has 4 heteroatoms. The molecule has 0 aliphatic carbocycles. The Kier molecular flexibility index (Phi) is 6.02. The first kappa shape index (κ1) is 17.8. The van der Waals surface area contributed by atoms with Gasteiger partial charge in [-0.15, -0.1) is 0 Å². The van der Waals surface area contributed by atoms with E-state index in [0.717, 1.165) is 5.56 Å². The van der Waals surface area contributed by atoms with Crippen molar-refractivity contribution >= 4 is 20.3 Å². The number of aromatic nitrogens is 1. The van der Waals surface area contributed by atoms with Crippen LogP contribution < -0.4 is 0 Å². The van der Waals surface area contributed by atoms with E-state index < -0.39 is 8.24 Å². The van der Waals surface area contributed by atoms with Crippen molar-refractivity contribution in [3.05, 3.63) is 30.1 Å². The lowest BCUT2D eigenvalue weighted by Gasteiger charge is -2.44. The third kappa shape index (κ3) is 3.49. The first-order valence-corrected chi connectivity index (χ1v) is 9.89. The van der Waals surface area contributed by atoms with E-state index in [1.807, 2.05) is 6.08 Å². The number of nitrogens with zero attached hydrogens (tertiary/aromatic N) is 1. The SMILES string of the molecule is COC(=O)C=Cc1ccn([Si](C(C)C)(C(C)C)C(C)C)c1. The molecular weight excluding hydrogens is 278 g/mol. The first-order valence-electron chi connectivity index (χ1n) is 7.71. The Balaban J connectivity index is 3.20. The van der Waals surface area contributed by atoms with Gasteiger partial charge in [0, 0.05) is 12.3 Å². The van der Waals surface area contributed by atoms with Crippen molar-refractivity contribution < 1.29 is 9.53 Å². The van der Waals surface area contributed by atoms with Crippen LogP contribution in [0.25, 0.3) is 6.08 Å². The standard InChI is InChI=1S/C17H29NO2Si/c1-13(2)21(14(3)4,15(5)6)18-11-10-16(12-18)8-9-17(19)20-7/h8-15H,1-7H3. The number of esters is 1. The van der Waals surface area contributed by atoms with Crippen LogP contribution in [0, 0.1) is 0 Å². The van der Waals surface area contributed by atoms with Gasteiger partial charge in [-0.2, -0.15) is 0 Å². The Labute approximate surface area is 130 Å². The van der Waals surface area contributed by atoms with Crippen molar-refractivity contribution in [1.82, 2.24) is 4.23 Å². The lowest BCUT2D eigenvalue weighted by atomic mass is 10.3. The monoisotopic (exact) mass is 307 g/mol. The highest BCUT2D eigenvalue weighted by Crippen LogP contribution is 2.42. The molecule has 1 heterocycles. The van der Waals surface area contributed by atoms with E-state index in [0.29, 0.717) is 16.6 Å². The highest BCUT2D eigenvalue weighted by Gasteiger charge is 2.44. The summed E-state index contributed by atoms with van der Waals surface area (Å²) in [7, 11) is -0.286. The molecule has 0 unspecified atom stereocenters. The molecule has 1 rings (SSSR count). The molecule has 118 valence electrons. The van der Waals surface area contributed by atoms with Gasteiger partial charge < -0.3 is 8.97 Å². The van der Waals surface area contributed by atoms with Crippen molar-refractivity contribution in [3.8, 4) is 0 Å². The summed E-state index contributed by atoms with van der Waals surface area (Å²) in [6, 6.07) is 2.08. The second kappa shape index (κ2) is 7.12. The van der Waals surface area contributed by atoms with Crippen LogP contribution in [0.5, 0.6) is 0 Å². The number of carbonyl (C=O) groups excluding carboxylic acids is 1. The number of hydrogen-bond donors (Lipinski definition) is 0. The summed E-state index contributed by atoms with van der Waals surface area (Å²) in [6.07, 6.45) is 7.67. The molecule has 0 amide bonds. The van der Waals surface area contributed by atoms with Gasteiger partial charge in [0.05, 0.1) is 7.11 Å². The quantitative estimate of drug-likeness (QED) is 0.433. The van der Waals surface area contributed by atoms with E-state index in [2.05, 4.69) is 69.0 Å². The molecule has 1 aromatic heterocycles. The van der Waals surface area contributed by atoms with Crippen molar-refractivity contribution in [1.29, 1.82) is 0 Å². The minimum Gasteiger partial charge on any atom is -0.466 e. The van der Waals surface area contributed by atoms with Gasteiger partial charge in [0.15, 0.2) is 8.24 Å². The normalized spacial score (nSPS) is 12.9. The lowest BCUT2D eigenvalue weighted by molar-refractivity contribution is -0.134. The van der Waals surface area contributed by atoms with E-state index >= 15 is 0 Å². The van der Waals surface area contributed by atoms with E-state index in [1.54, 1.807) is 0 Å². The number of carbonyl (C=O) groups is 1. The Morgan fingerprint density at radius 1 is 1.14 bits per heavy atom. The van der Waals surface area contributed by atoms with Gasteiger partial charge in [-0.1, -0.05) is 41.5 Å². The fourth-order valence-corrected chi connectivity index (χ4v) is 10.4. The summed E-state index contributed by atoms with van der Waals surface area (Å²) < 4.78 is 7.10. The Morgan fingerprint density at radius 2 is 1.67 bits per heavy atom. The maximum absolute atomic E-state index is 11.2. The van der Waals surface area contributed by atoms with Gasteiger partial charge in [0.1, 0.15) is 0 Å². The average Bonchev–Trinajstić information content (AvgIpc) is 2.84. The molecule has 0 aliphatic heterocycles. The van der Waals surface area contributed by atoms with E-state index in [9.17, 15) is 4.79 Å². The summed E-state index contributed by atoms with van der Waals surface area (Å²) >= 11 is 0. The maximum Gasteiger partial charge on any atom is 0.330 e. The largest absolute Gasteiger partial charge is 0.466 e. The fourth-order valence-electron chi connectivity index (χ4n) is 3.88. The van der Waals surface area contributed by atoms with Crippen LogP contribution >= 0.6 is 0 Å². The van der Waals surface area contributed by atoms with Crippen LogP contribution in [-0.2, 0) is 9.53 Å². The maximum atomic E-state index is 11.2. The van der Waals surface area contributed by atoms with Gasteiger partial charge in [-0.05, 0) is 40.5 Å². The second-order valence-corrected chi connectivity index (χ2v) is 12.3. The van der Waals surface area contributed by atoms with Gasteiger partial charge in [0.25, 0.3) is 0 Å². The summed E-state index contributed by atoms with van der Waals surface area (Å²) in [5, 5.41) is 0. The van der Waals surface area contributed by atoms with Crippen LogP contribution in [0.3, 0.4) is 0 Å². The van der Waals surface area contributed by atoms with Gasteiger partial charge in [-0.3, -0.25) is 0 Å². The zero-order valence-electron chi connectivity index (χ0n) is 14.4. The molecule has 0 radical (unpaired) electrons. The minimum absolute atomic E-state index is 0.317. The van der Waals surface area contributed by atoms with Crippen molar-refractivity contribution in [2.24, 2.45) is 0 Å². The van der Waals surface area contributed by atoms with Crippen LogP contribution in [0.2, 0.25) is 16.6 Å². The van der Waals surface area contributed by atoms with Crippen LogP contribution in [0.4, 0.5) is 0 Å². The predicted molar refractivity (Wildman–Crippen MR) is 91.9 cm³/mol. The molecule has 0 atom stereocenters. The molecular formula is C17H29NO2Si. The van der Waals surface area contributed by atoms with Gasteiger partial charge >= 0.3 is 5.97 Å². The van der Waals surface area contributed by atoms with Crippen LogP contribution in [0.1, 0.15) is 47.1 Å². The highest BCUT2D eigenvalue weighted by atomic mass is 28.3. The van der Waals surface area contributed by atoms with E-state index in [-0.39, 0.29) is 5.97 Å². The summed E-state index contributed by atoms with van der Waals surface area (Å²) in [5.74, 6) is -0.317. The molecule has 0 spiro atoms. The molecule has 0 aromatic carbocycles. The molecule has 0 aliphatic rings. The Hall–Kier alpha value is -1.29. The fraction of sp³-hybridized carbons (Fsp3) is 0.588. The van der Waals surface area contributed by atoms with E-state index in [1.165, 1.54) is 13.2 Å². The zero-order chi connectivity index (χ0) is 16.2. The number of methoxy groups -OCH3 is 1. The number of hydrogen-bond acceptors (Lipinski definition) is 2. The van der Waals surface area contributed by atoms with Gasteiger partial charge in [0.2, 0.25) is 0 Å². The highest BCUT2D eigenvalue weighted by molar-refractivity contribution is 6.82. The summed E-state index contributed by atoms with van der Waals surface area (Å²) in [6.45, 7) is 14.1. The molecule has 0 saturated carbocycles. The predicted octanol–water partition coefficient (Wildman–Crippen LogP) is 4.70. The molecule has 0 N–H and O–H groups in total. The van der Waals surface area contributed by atoms with Crippen LogP contribution in [-0.4, -0.2) is 25.5 Å². The third-order valence-corrected chi connectivity index (χ3v) is 11.3. The zero-order valence-corrected chi connectivity index (χ0v) is 15.4. The molecule has 3 nitrogen and oxygen atoms in total. The average molecular weight is 308 g/mol. The molecule has 0 fully saturated rings. The number of ether oxygens (including phenoxy) is 1. The van der Waals surface area contributed by atoms with Crippen molar-refractivity contribution in [3.63, 3.8) is 0 Å². The Bertz CT molecular complexity index is 479. The first-order chi connectivity index (χ1) is 9.76. The Morgan fingerprint density at radius 3 is 2.10 bits per heavy atom. The third-order valence-electron chi connectivity index (χ3n) is 4.55. The lowest BCUT2D eigenvalue weighted by Crippen LogP contribution is -2.51. The van der Waals surface area contributed by atoms with Gasteiger partial charge in [-0.25, -0.2) is 4.79 Å². The second-order valence-electron chi connectivity index (χ2n) is 6.56. The van der Waals surface area contributed by atoms with Crippen molar-refractivity contribution in [2.75, 3.05) is 7.11 Å². The van der Waals surface area contributed by atoms with E-state index in [4.69, 9.17) is 0 Å². The smallest absolute Gasteiger partial charge is 0.330 e. The van der Waals surface area contributed by atoms with Crippen molar-refractivity contribution in [2.45, 2.75) is 58.2 Å². The number of rotatable bonds is 6. The minimum atomic E-state index is -1.68. The summed E-state index contributed by atoms with van der Waals surface area (Å²) in [4.78, 5) is 11.2. The molecule has 0 bridgehead atoms.